The van der Waals surface area contributed by atoms with E-state index in [0.29, 0.717) is 24.5 Å². The summed E-state index contributed by atoms with van der Waals surface area (Å²) in [4.78, 5) is 13.9. The fourth-order valence-electron chi connectivity index (χ4n) is 3.49. The third-order valence-corrected chi connectivity index (χ3v) is 5.89. The molecule has 0 aliphatic rings. The van der Waals surface area contributed by atoms with E-state index in [4.69, 9.17) is 9.47 Å². The molecule has 0 atom stereocenters. The number of hydrogen-bond acceptors (Lipinski definition) is 4. The summed E-state index contributed by atoms with van der Waals surface area (Å²) in [7, 11) is 0. The van der Waals surface area contributed by atoms with Crippen molar-refractivity contribution in [2.75, 3.05) is 18.2 Å². The van der Waals surface area contributed by atoms with E-state index in [0.717, 1.165) is 27.3 Å². The van der Waals surface area contributed by atoms with Crippen molar-refractivity contribution in [3.05, 3.63) is 96.1 Å². The Hall–Kier alpha value is -3.44. The second-order valence-corrected chi connectivity index (χ2v) is 8.06. The number of carbonyl (C=O) groups excluding carboxylic acids is 1. The van der Waals surface area contributed by atoms with Crippen molar-refractivity contribution in [3.8, 4) is 11.5 Å². The zero-order valence-corrected chi connectivity index (χ0v) is 18.9. The molecule has 0 fully saturated rings. The zero-order valence-electron chi connectivity index (χ0n) is 18.1. The SMILES string of the molecule is CCOc1ccc(C(=O)Nc2ccccc2SC)cc1COc1ccc2ccccc2c1. The third kappa shape index (κ3) is 5.06. The minimum absolute atomic E-state index is 0.165. The third-order valence-electron chi connectivity index (χ3n) is 5.09. The maximum absolute atomic E-state index is 12.9. The quantitative estimate of drug-likeness (QED) is 0.305. The second-order valence-electron chi connectivity index (χ2n) is 7.21. The summed E-state index contributed by atoms with van der Waals surface area (Å²) in [5.41, 5.74) is 2.18. The van der Waals surface area contributed by atoms with Crippen LogP contribution in [0.4, 0.5) is 5.69 Å². The van der Waals surface area contributed by atoms with Crippen LogP contribution in [0.15, 0.2) is 89.8 Å². The van der Waals surface area contributed by atoms with Crippen LogP contribution in [0.25, 0.3) is 10.8 Å². The van der Waals surface area contributed by atoms with Crippen molar-refractivity contribution in [1.82, 2.24) is 0 Å². The first kappa shape index (κ1) is 21.8. The fraction of sp³-hybridized carbons (Fsp3) is 0.148. The van der Waals surface area contributed by atoms with Gasteiger partial charge in [-0.1, -0.05) is 42.5 Å². The molecule has 4 aromatic carbocycles. The van der Waals surface area contributed by atoms with Crippen molar-refractivity contribution in [2.24, 2.45) is 0 Å². The van der Waals surface area contributed by atoms with Gasteiger partial charge in [-0.3, -0.25) is 4.79 Å². The maximum Gasteiger partial charge on any atom is 0.255 e. The average molecular weight is 444 g/mol. The average Bonchev–Trinajstić information content (AvgIpc) is 2.83. The molecule has 4 rings (SSSR count). The molecule has 0 heterocycles. The number of nitrogens with one attached hydrogen (secondary N) is 1. The number of anilines is 1. The zero-order chi connectivity index (χ0) is 22.3. The Morgan fingerprint density at radius 2 is 1.66 bits per heavy atom. The molecule has 0 unspecified atom stereocenters. The van der Waals surface area contributed by atoms with E-state index < -0.39 is 0 Å². The summed E-state index contributed by atoms with van der Waals surface area (Å²) in [6.45, 7) is 2.78. The Morgan fingerprint density at radius 3 is 2.47 bits per heavy atom. The molecule has 0 spiro atoms. The van der Waals surface area contributed by atoms with E-state index in [1.54, 1.807) is 17.8 Å². The van der Waals surface area contributed by atoms with Gasteiger partial charge in [0.05, 0.1) is 12.3 Å². The molecule has 0 bridgehead atoms. The van der Waals surface area contributed by atoms with E-state index in [2.05, 4.69) is 17.4 Å². The van der Waals surface area contributed by atoms with Crippen LogP contribution in [0.2, 0.25) is 0 Å². The molecule has 32 heavy (non-hydrogen) atoms. The molecule has 0 aliphatic carbocycles. The van der Waals surface area contributed by atoms with Crippen molar-refractivity contribution in [1.29, 1.82) is 0 Å². The van der Waals surface area contributed by atoms with Crippen LogP contribution in [0.1, 0.15) is 22.8 Å². The number of thioether (sulfide) groups is 1. The first-order valence-electron chi connectivity index (χ1n) is 10.5. The van der Waals surface area contributed by atoms with Gasteiger partial charge in [0.1, 0.15) is 18.1 Å². The molecule has 5 heteroatoms. The first-order valence-corrected chi connectivity index (χ1v) is 11.7. The Bertz CT molecular complexity index is 1240. The number of para-hydroxylation sites is 1. The molecule has 0 aliphatic heterocycles. The van der Waals surface area contributed by atoms with Crippen LogP contribution in [0, 0.1) is 0 Å². The molecule has 0 aromatic heterocycles. The normalized spacial score (nSPS) is 10.7. The van der Waals surface area contributed by atoms with Crippen LogP contribution in [-0.4, -0.2) is 18.8 Å². The first-order chi connectivity index (χ1) is 15.7. The summed E-state index contributed by atoms with van der Waals surface area (Å²) in [6.07, 6.45) is 1.99. The van der Waals surface area contributed by atoms with Gasteiger partial charge in [-0.05, 0) is 66.4 Å². The van der Waals surface area contributed by atoms with Gasteiger partial charge in [-0.25, -0.2) is 0 Å². The second kappa shape index (κ2) is 10.2. The highest BCUT2D eigenvalue weighted by molar-refractivity contribution is 7.98. The number of amides is 1. The largest absolute Gasteiger partial charge is 0.493 e. The molecule has 162 valence electrons. The lowest BCUT2D eigenvalue weighted by molar-refractivity contribution is 0.102. The van der Waals surface area contributed by atoms with Gasteiger partial charge in [0.25, 0.3) is 5.91 Å². The number of ether oxygens (including phenoxy) is 2. The van der Waals surface area contributed by atoms with Gasteiger partial charge in [0.2, 0.25) is 0 Å². The number of hydrogen-bond donors (Lipinski definition) is 1. The smallest absolute Gasteiger partial charge is 0.255 e. The van der Waals surface area contributed by atoms with Gasteiger partial charge in [0.15, 0.2) is 0 Å². The Kier molecular flexibility index (Phi) is 6.97. The van der Waals surface area contributed by atoms with E-state index in [1.807, 2.05) is 79.9 Å². The number of carbonyl (C=O) groups is 1. The molecular formula is C27H25NO3S. The topological polar surface area (TPSA) is 47.6 Å². The predicted octanol–water partition coefficient (Wildman–Crippen LogP) is 6.79. The molecular weight excluding hydrogens is 418 g/mol. The van der Waals surface area contributed by atoms with Crippen LogP contribution >= 0.6 is 11.8 Å². The monoisotopic (exact) mass is 443 g/mol. The van der Waals surface area contributed by atoms with Gasteiger partial charge in [-0.15, -0.1) is 11.8 Å². The van der Waals surface area contributed by atoms with Crippen LogP contribution in [0.3, 0.4) is 0 Å². The van der Waals surface area contributed by atoms with Crippen molar-refractivity contribution in [3.63, 3.8) is 0 Å². The van der Waals surface area contributed by atoms with Crippen molar-refractivity contribution in [2.45, 2.75) is 18.4 Å². The molecule has 4 nitrogen and oxygen atoms in total. The van der Waals surface area contributed by atoms with Gasteiger partial charge in [0, 0.05) is 16.0 Å². The Morgan fingerprint density at radius 1 is 0.875 bits per heavy atom. The highest BCUT2D eigenvalue weighted by Gasteiger charge is 2.13. The summed E-state index contributed by atoms with van der Waals surface area (Å²) in [6, 6.07) is 27.4. The summed E-state index contributed by atoms with van der Waals surface area (Å²) >= 11 is 1.60. The van der Waals surface area contributed by atoms with Crippen molar-refractivity contribution < 1.29 is 14.3 Å². The van der Waals surface area contributed by atoms with E-state index in [-0.39, 0.29) is 5.91 Å². The Balaban J connectivity index is 1.54. The number of rotatable bonds is 8. The van der Waals surface area contributed by atoms with E-state index >= 15 is 0 Å². The minimum Gasteiger partial charge on any atom is -0.493 e. The molecule has 1 amide bonds. The maximum atomic E-state index is 12.9. The van der Waals surface area contributed by atoms with Gasteiger partial charge >= 0.3 is 0 Å². The van der Waals surface area contributed by atoms with Crippen molar-refractivity contribution >= 4 is 34.1 Å². The summed E-state index contributed by atoms with van der Waals surface area (Å²) in [5.74, 6) is 1.32. The van der Waals surface area contributed by atoms with Crippen LogP contribution in [0.5, 0.6) is 11.5 Å². The lowest BCUT2D eigenvalue weighted by atomic mass is 10.1. The summed E-state index contributed by atoms with van der Waals surface area (Å²) < 4.78 is 11.8. The molecule has 0 saturated carbocycles. The van der Waals surface area contributed by atoms with Crippen LogP contribution < -0.4 is 14.8 Å². The lowest BCUT2D eigenvalue weighted by Crippen LogP contribution is -2.13. The van der Waals surface area contributed by atoms with Gasteiger partial charge < -0.3 is 14.8 Å². The number of fused-ring (bicyclic) bond motifs is 1. The minimum atomic E-state index is -0.165. The standard InChI is InChI=1S/C27H25NO3S/c1-3-30-25-15-13-21(27(29)28-24-10-6-7-11-26(24)32-2)16-22(25)18-31-23-14-12-19-8-4-5-9-20(19)17-23/h4-17H,3,18H2,1-2H3,(H,28,29). The predicted molar refractivity (Wildman–Crippen MR) is 132 cm³/mol. The molecule has 0 saturated heterocycles. The van der Waals surface area contributed by atoms with Gasteiger partial charge in [-0.2, -0.15) is 0 Å². The summed E-state index contributed by atoms with van der Waals surface area (Å²) in [5, 5.41) is 5.30. The molecule has 0 radical (unpaired) electrons. The van der Waals surface area contributed by atoms with E-state index in [9.17, 15) is 4.79 Å². The molecule has 1 N–H and O–H groups in total. The molecule has 4 aromatic rings. The Labute approximate surface area is 192 Å². The highest BCUT2D eigenvalue weighted by Crippen LogP contribution is 2.27. The lowest BCUT2D eigenvalue weighted by Gasteiger charge is -2.14. The number of benzene rings is 4. The van der Waals surface area contributed by atoms with Crippen LogP contribution in [-0.2, 0) is 6.61 Å². The fourth-order valence-corrected chi connectivity index (χ4v) is 4.04. The van der Waals surface area contributed by atoms with E-state index in [1.165, 1.54) is 5.39 Å². The highest BCUT2D eigenvalue weighted by atomic mass is 32.2.